The zero-order chi connectivity index (χ0) is 17.9. The minimum Gasteiger partial charge on any atom is -0.448 e. The fourth-order valence-electron chi connectivity index (χ4n) is 2.96. The summed E-state index contributed by atoms with van der Waals surface area (Å²) in [6, 6.07) is 14.9. The van der Waals surface area contributed by atoms with E-state index in [0.717, 1.165) is 10.9 Å². The highest BCUT2D eigenvalue weighted by Crippen LogP contribution is 2.19. The van der Waals surface area contributed by atoms with Crippen molar-refractivity contribution in [2.24, 2.45) is 0 Å². The van der Waals surface area contributed by atoms with E-state index < -0.39 is 0 Å². The monoisotopic (exact) mass is 351 g/mol. The number of ether oxygens (including phenoxy) is 1. The second-order valence-corrected chi connectivity index (χ2v) is 6.09. The largest absolute Gasteiger partial charge is 0.448 e. The van der Waals surface area contributed by atoms with E-state index in [1.807, 2.05) is 48.5 Å². The second kappa shape index (κ2) is 6.87. The highest BCUT2D eigenvalue weighted by atomic mass is 16.6. The van der Waals surface area contributed by atoms with Crippen molar-refractivity contribution >= 4 is 28.7 Å². The molecule has 0 bridgehead atoms. The zero-order valence-electron chi connectivity index (χ0n) is 14.0. The maximum absolute atomic E-state index is 12.4. The van der Waals surface area contributed by atoms with Crippen LogP contribution in [-0.4, -0.2) is 35.2 Å². The normalized spacial score (nSPS) is 13.8. The summed E-state index contributed by atoms with van der Waals surface area (Å²) in [5.74, 6) is -0.179. The Morgan fingerprint density at radius 3 is 2.92 bits per heavy atom. The van der Waals surface area contributed by atoms with Crippen LogP contribution in [0.4, 0.5) is 10.5 Å². The molecule has 7 nitrogen and oxygen atoms in total. The average Bonchev–Trinajstić information content (AvgIpc) is 3.22. The Kier molecular flexibility index (Phi) is 4.27. The van der Waals surface area contributed by atoms with Crippen molar-refractivity contribution in [1.29, 1.82) is 0 Å². The molecule has 7 heteroatoms. The van der Waals surface area contributed by atoms with Gasteiger partial charge in [0, 0.05) is 17.6 Å². The number of anilines is 1. The average molecular weight is 351 g/mol. The highest BCUT2D eigenvalue weighted by molar-refractivity contribution is 5.94. The van der Waals surface area contributed by atoms with Crippen LogP contribution in [0.5, 0.6) is 0 Å². The van der Waals surface area contributed by atoms with Crippen molar-refractivity contribution in [1.82, 2.24) is 10.1 Å². The molecule has 2 heterocycles. The summed E-state index contributed by atoms with van der Waals surface area (Å²) in [7, 11) is 0. The van der Waals surface area contributed by atoms with Crippen LogP contribution in [0.3, 0.4) is 0 Å². The van der Waals surface area contributed by atoms with E-state index in [-0.39, 0.29) is 18.4 Å². The number of cyclic esters (lactones) is 1. The minimum atomic E-state index is -0.308. The number of carbonyl (C=O) groups is 2. The van der Waals surface area contributed by atoms with E-state index in [2.05, 4.69) is 10.5 Å². The molecule has 0 spiro atoms. The SMILES string of the molecule is O=C(Cc1noc2ccccc12)Nc1cccc(CN2CCOC2=O)c1. The molecule has 0 atom stereocenters. The van der Waals surface area contributed by atoms with Gasteiger partial charge in [-0.2, -0.15) is 0 Å². The summed E-state index contributed by atoms with van der Waals surface area (Å²) >= 11 is 0. The van der Waals surface area contributed by atoms with E-state index in [1.165, 1.54) is 0 Å². The van der Waals surface area contributed by atoms with Crippen molar-refractivity contribution < 1.29 is 18.8 Å². The first-order valence-corrected chi connectivity index (χ1v) is 8.33. The van der Waals surface area contributed by atoms with Gasteiger partial charge in [0.25, 0.3) is 0 Å². The van der Waals surface area contributed by atoms with Gasteiger partial charge in [0.1, 0.15) is 12.3 Å². The van der Waals surface area contributed by atoms with Gasteiger partial charge in [0.2, 0.25) is 5.91 Å². The number of para-hydroxylation sites is 1. The maximum Gasteiger partial charge on any atom is 0.410 e. The number of fused-ring (bicyclic) bond motifs is 1. The molecule has 1 N–H and O–H groups in total. The van der Waals surface area contributed by atoms with Crippen molar-refractivity contribution in [3.8, 4) is 0 Å². The minimum absolute atomic E-state index is 0.125. The molecule has 1 aromatic heterocycles. The number of hydrogen-bond donors (Lipinski definition) is 1. The van der Waals surface area contributed by atoms with Crippen LogP contribution in [0, 0.1) is 0 Å². The standard InChI is InChI=1S/C19H17N3O4/c23-18(11-16-15-6-1-2-7-17(15)26-21-16)20-14-5-3-4-13(10-14)12-22-8-9-25-19(22)24/h1-7,10H,8-9,11-12H2,(H,20,23). The molecular formula is C19H17N3O4. The first-order valence-electron chi connectivity index (χ1n) is 8.33. The van der Waals surface area contributed by atoms with Crippen LogP contribution >= 0.6 is 0 Å². The van der Waals surface area contributed by atoms with E-state index >= 15 is 0 Å². The first-order chi connectivity index (χ1) is 12.7. The summed E-state index contributed by atoms with van der Waals surface area (Å²) in [5, 5.41) is 7.68. The number of carbonyl (C=O) groups excluding carboxylic acids is 2. The molecule has 1 aliphatic heterocycles. The summed E-state index contributed by atoms with van der Waals surface area (Å²) in [6.45, 7) is 1.45. The number of nitrogens with one attached hydrogen (secondary N) is 1. The molecule has 2 amide bonds. The van der Waals surface area contributed by atoms with E-state index in [4.69, 9.17) is 9.26 Å². The lowest BCUT2D eigenvalue weighted by molar-refractivity contribution is -0.115. The van der Waals surface area contributed by atoms with Gasteiger partial charge in [-0.15, -0.1) is 0 Å². The quantitative estimate of drug-likeness (QED) is 0.764. The Labute approximate surface area is 149 Å². The van der Waals surface area contributed by atoms with Crippen molar-refractivity contribution in [3.05, 3.63) is 59.8 Å². The van der Waals surface area contributed by atoms with Crippen LogP contribution < -0.4 is 5.32 Å². The molecular weight excluding hydrogens is 334 g/mol. The van der Waals surface area contributed by atoms with Gasteiger partial charge in [-0.05, 0) is 29.8 Å². The molecule has 26 heavy (non-hydrogen) atoms. The Morgan fingerprint density at radius 1 is 1.19 bits per heavy atom. The smallest absolute Gasteiger partial charge is 0.410 e. The summed E-state index contributed by atoms with van der Waals surface area (Å²) in [5.41, 5.74) is 2.87. The molecule has 2 aromatic carbocycles. The molecule has 4 rings (SSSR count). The van der Waals surface area contributed by atoms with E-state index in [0.29, 0.717) is 36.7 Å². The maximum atomic E-state index is 12.4. The number of hydrogen-bond acceptors (Lipinski definition) is 5. The van der Waals surface area contributed by atoms with Gasteiger partial charge in [-0.1, -0.05) is 29.4 Å². The van der Waals surface area contributed by atoms with Crippen LogP contribution in [0.2, 0.25) is 0 Å². The molecule has 0 unspecified atom stereocenters. The van der Waals surface area contributed by atoms with Gasteiger partial charge < -0.3 is 19.5 Å². The number of rotatable bonds is 5. The van der Waals surface area contributed by atoms with Crippen LogP contribution in [0.25, 0.3) is 11.0 Å². The molecule has 1 fully saturated rings. The van der Waals surface area contributed by atoms with E-state index in [1.54, 1.807) is 4.90 Å². The lowest BCUT2D eigenvalue weighted by Crippen LogP contribution is -2.23. The van der Waals surface area contributed by atoms with Gasteiger partial charge >= 0.3 is 6.09 Å². The van der Waals surface area contributed by atoms with Gasteiger partial charge in [0.15, 0.2) is 5.58 Å². The molecule has 0 aliphatic carbocycles. The topological polar surface area (TPSA) is 84.7 Å². The van der Waals surface area contributed by atoms with E-state index in [9.17, 15) is 9.59 Å². The fourth-order valence-corrected chi connectivity index (χ4v) is 2.96. The summed E-state index contributed by atoms with van der Waals surface area (Å²) in [6.07, 6.45) is -0.183. The Morgan fingerprint density at radius 2 is 2.08 bits per heavy atom. The third kappa shape index (κ3) is 3.37. The molecule has 3 aromatic rings. The molecule has 0 saturated carbocycles. The van der Waals surface area contributed by atoms with Gasteiger partial charge in [-0.25, -0.2) is 4.79 Å². The lowest BCUT2D eigenvalue weighted by Gasteiger charge is -2.13. The molecule has 1 aliphatic rings. The second-order valence-electron chi connectivity index (χ2n) is 6.09. The van der Waals surface area contributed by atoms with Crippen LogP contribution in [0.1, 0.15) is 11.3 Å². The van der Waals surface area contributed by atoms with Crippen molar-refractivity contribution in [2.45, 2.75) is 13.0 Å². The van der Waals surface area contributed by atoms with Gasteiger partial charge in [0.05, 0.1) is 13.0 Å². The predicted octanol–water partition coefficient (Wildman–Crippen LogP) is 2.96. The lowest BCUT2D eigenvalue weighted by atomic mass is 10.1. The Balaban J connectivity index is 1.42. The van der Waals surface area contributed by atoms with Crippen molar-refractivity contribution in [3.63, 3.8) is 0 Å². The molecule has 0 radical (unpaired) electrons. The number of benzene rings is 2. The predicted molar refractivity (Wildman–Crippen MR) is 94.5 cm³/mol. The number of aromatic nitrogens is 1. The summed E-state index contributed by atoms with van der Waals surface area (Å²) < 4.78 is 10.2. The van der Waals surface area contributed by atoms with Crippen molar-refractivity contribution in [2.75, 3.05) is 18.5 Å². The third-order valence-electron chi connectivity index (χ3n) is 4.21. The highest BCUT2D eigenvalue weighted by Gasteiger charge is 2.21. The molecule has 132 valence electrons. The third-order valence-corrected chi connectivity index (χ3v) is 4.21. The zero-order valence-corrected chi connectivity index (χ0v) is 14.0. The van der Waals surface area contributed by atoms with Crippen LogP contribution in [-0.2, 0) is 22.5 Å². The van der Waals surface area contributed by atoms with Gasteiger partial charge in [-0.3, -0.25) is 4.79 Å². The number of nitrogens with zero attached hydrogens (tertiary/aromatic N) is 2. The number of amides is 2. The Bertz CT molecular complexity index is 966. The molecule has 1 saturated heterocycles. The Hall–Kier alpha value is -3.35. The first kappa shape index (κ1) is 16.1. The van der Waals surface area contributed by atoms with Crippen LogP contribution in [0.15, 0.2) is 53.1 Å². The summed E-state index contributed by atoms with van der Waals surface area (Å²) in [4.78, 5) is 25.5. The fraction of sp³-hybridized carbons (Fsp3) is 0.211.